The van der Waals surface area contributed by atoms with Crippen molar-refractivity contribution in [2.45, 2.75) is 77.8 Å². The maximum absolute atomic E-state index is 14.8. The van der Waals surface area contributed by atoms with Crippen LogP contribution in [0.25, 0.3) is 66.7 Å². The molecule has 4 nitrogen and oxygen atoms in total. The Morgan fingerprint density at radius 2 is 0.864 bits per heavy atom. The van der Waals surface area contributed by atoms with Crippen molar-refractivity contribution < 1.29 is 9.59 Å². The largest absolute Gasteiger partial charge is 0.282 e. The third kappa shape index (κ3) is 6.02. The predicted molar refractivity (Wildman–Crippen MR) is 281 cm³/mol. The molecule has 8 heteroatoms. The van der Waals surface area contributed by atoms with Crippen LogP contribution in [0.3, 0.4) is 0 Å². The summed E-state index contributed by atoms with van der Waals surface area (Å²) in [7, 11) is -2.96. The van der Waals surface area contributed by atoms with E-state index < -0.39 is 16.1 Å². The minimum absolute atomic E-state index is 0.163. The minimum Gasteiger partial charge on any atom is -0.282 e. The summed E-state index contributed by atoms with van der Waals surface area (Å²) >= 11 is 3.51. The second kappa shape index (κ2) is 13.7. The van der Waals surface area contributed by atoms with Crippen LogP contribution in [0.2, 0.25) is 39.3 Å². The molecule has 0 saturated heterocycles. The van der Waals surface area contributed by atoms with Crippen LogP contribution in [0.15, 0.2) is 108 Å². The lowest BCUT2D eigenvalue weighted by Crippen LogP contribution is -2.27. The summed E-state index contributed by atoms with van der Waals surface area (Å²) in [5, 5.41) is 0. The zero-order valence-corrected chi connectivity index (χ0v) is 42.6. The lowest BCUT2D eigenvalue weighted by atomic mass is 9.80. The second-order valence-electron chi connectivity index (χ2n) is 21.5. The quantitative estimate of drug-likeness (QED) is 0.128. The van der Waals surface area contributed by atoms with Crippen LogP contribution in [0.4, 0.5) is 0 Å². The molecule has 0 saturated carbocycles. The normalized spacial score (nSPS) is 17.3. The monoisotopic (exact) mass is 924 g/mol. The van der Waals surface area contributed by atoms with Crippen LogP contribution < -0.4 is 0 Å². The number of fused-ring (bicyclic) bond motifs is 13. The van der Waals surface area contributed by atoms with Crippen LogP contribution in [0.1, 0.15) is 82.0 Å². The Morgan fingerprint density at radius 3 is 1.26 bits per heavy atom. The Kier molecular flexibility index (Phi) is 8.52. The number of amides is 2. The number of rotatable bonds is 2. The highest BCUT2D eigenvalue weighted by molar-refractivity contribution is 7.16. The first-order valence-corrected chi connectivity index (χ1v) is 31.4. The molecule has 2 aromatic heterocycles. The number of carbonyl (C=O) groups excluding carboxylic acids is 2. The van der Waals surface area contributed by atoms with E-state index in [1.807, 2.05) is 24.6 Å². The second-order valence-corrected chi connectivity index (χ2v) is 33.2. The van der Waals surface area contributed by atoms with Crippen LogP contribution in [0.5, 0.6) is 0 Å². The molecule has 0 atom stereocenters. The van der Waals surface area contributed by atoms with Gasteiger partial charge in [0.15, 0.2) is 0 Å². The van der Waals surface area contributed by atoms with Crippen molar-refractivity contribution in [3.8, 4) is 66.1 Å². The number of hydrogen-bond donors (Lipinski definition) is 0. The first-order chi connectivity index (χ1) is 31.3. The molecule has 2 amide bonds. The van der Waals surface area contributed by atoms with Gasteiger partial charge in [-0.25, -0.2) is 0 Å². The zero-order valence-electron chi connectivity index (χ0n) is 38.9. The molecule has 12 rings (SSSR count). The van der Waals surface area contributed by atoms with Gasteiger partial charge in [-0.1, -0.05) is 103 Å². The fourth-order valence-electron chi connectivity index (χ4n) is 10.7. The van der Waals surface area contributed by atoms with Gasteiger partial charge in [0.1, 0.15) is 16.1 Å². The number of nitrogens with zero attached hydrogens (tertiary/aromatic N) is 2. The fraction of sp³-hybridized carbons (Fsp3) is 0.207. The Balaban J connectivity index is 0.923. The third-order valence-electron chi connectivity index (χ3n) is 14.0. The highest BCUT2D eigenvalue weighted by atomic mass is 32.1. The predicted octanol–water partition coefficient (Wildman–Crippen LogP) is 14.0. The van der Waals surface area contributed by atoms with E-state index in [1.165, 1.54) is 65.4 Å². The lowest BCUT2D eigenvalue weighted by molar-refractivity contribution is -0.122. The molecule has 4 aromatic carbocycles. The van der Waals surface area contributed by atoms with Gasteiger partial charge in [-0.15, -0.1) is 33.8 Å². The Hall–Kier alpha value is -6.27. The Morgan fingerprint density at radius 1 is 0.470 bits per heavy atom. The molecule has 0 spiro atoms. The average Bonchev–Trinajstić information content (AvgIpc) is 4.12. The van der Waals surface area contributed by atoms with Crippen molar-refractivity contribution >= 4 is 74.2 Å². The molecule has 0 radical (unpaired) electrons. The van der Waals surface area contributed by atoms with E-state index in [0.717, 1.165) is 32.0 Å². The standard InChI is InChI=1S/C58H48N2O2S2Si2/c1-57(2)45-29-35(49-17-13-37(63-49)21-25-65(5,6)7)11-15-39(45)43-27-33-19-23-59-53(41(33)31-47(43)57)51-52(56(59)62)54-42-32-48-44(28-34(42)20-24-60(54)55(51)61)40-16-12-36(30-46(40)58(48,3)4)50-18-14-38(64-50)22-26-66(8,9)10/h11-20,23-24,27-32H,1-10H3. The molecule has 0 unspecified atom stereocenters. The molecule has 6 aromatic rings. The summed E-state index contributed by atoms with van der Waals surface area (Å²) in [5.74, 6) is 6.54. The van der Waals surface area contributed by atoms with Crippen molar-refractivity contribution in [3.63, 3.8) is 0 Å². The highest BCUT2D eigenvalue weighted by Gasteiger charge is 2.51. The topological polar surface area (TPSA) is 40.6 Å². The molecule has 0 N–H and O–H groups in total. The maximum atomic E-state index is 14.8. The molecular weight excluding hydrogens is 877 g/mol. The summed E-state index contributed by atoms with van der Waals surface area (Å²) in [6.07, 6.45) is 7.80. The summed E-state index contributed by atoms with van der Waals surface area (Å²) in [6, 6.07) is 31.4. The summed E-state index contributed by atoms with van der Waals surface area (Å²) in [6.45, 7) is 22.8. The Labute approximate surface area is 397 Å². The maximum Gasteiger partial charge on any atom is 0.265 e. The molecule has 0 bridgehead atoms. The number of benzene rings is 4. The van der Waals surface area contributed by atoms with Crippen molar-refractivity contribution in [2.75, 3.05) is 0 Å². The van der Waals surface area contributed by atoms with E-state index in [2.05, 4.69) is 175 Å². The summed E-state index contributed by atoms with van der Waals surface area (Å²) < 4.78 is 0. The molecule has 0 fully saturated rings. The van der Waals surface area contributed by atoms with Crippen LogP contribution in [-0.2, 0) is 20.4 Å². The minimum atomic E-state index is -1.48. The van der Waals surface area contributed by atoms with E-state index in [4.69, 9.17) is 0 Å². The van der Waals surface area contributed by atoms with Gasteiger partial charge in [-0.3, -0.25) is 19.4 Å². The smallest absolute Gasteiger partial charge is 0.265 e. The van der Waals surface area contributed by atoms with E-state index in [9.17, 15) is 9.59 Å². The van der Waals surface area contributed by atoms with E-state index in [-0.39, 0.29) is 22.6 Å². The summed E-state index contributed by atoms with van der Waals surface area (Å²) in [4.78, 5) is 37.7. The van der Waals surface area contributed by atoms with Gasteiger partial charge in [-0.2, -0.15) is 0 Å². The van der Waals surface area contributed by atoms with Crippen LogP contribution >= 0.6 is 22.7 Å². The molecule has 66 heavy (non-hydrogen) atoms. The van der Waals surface area contributed by atoms with E-state index >= 15 is 0 Å². The van der Waals surface area contributed by atoms with Gasteiger partial charge in [0.25, 0.3) is 11.8 Å². The third-order valence-corrected chi connectivity index (χ3v) is 17.8. The average molecular weight is 925 g/mol. The van der Waals surface area contributed by atoms with Crippen molar-refractivity contribution in [2.24, 2.45) is 0 Å². The molecule has 2 aliphatic carbocycles. The molecule has 4 aliphatic heterocycles. The van der Waals surface area contributed by atoms with Gasteiger partial charge in [0, 0.05) is 44.1 Å². The van der Waals surface area contributed by atoms with Crippen molar-refractivity contribution in [3.05, 3.63) is 163 Å². The lowest BCUT2D eigenvalue weighted by Gasteiger charge is -2.29. The van der Waals surface area contributed by atoms with E-state index in [1.54, 1.807) is 32.5 Å². The molecule has 322 valence electrons. The number of carbonyl (C=O) groups is 2. The number of hydrogen-bond acceptors (Lipinski definition) is 4. The van der Waals surface area contributed by atoms with Crippen molar-refractivity contribution in [1.29, 1.82) is 0 Å². The SMILES string of the molecule is CC1(C)c2cc(-c3ccc(C#C[Si](C)(C)C)s3)ccc2-c2cc3c(cc21)C1=C2C(=O)N4C=Cc5cc6c(cc5C4=C2C(=O)N1C=C3)C(C)(C)c1cc(-c2ccc(C#C[Si](C)(C)C)s2)ccc1-6. The van der Waals surface area contributed by atoms with Crippen LogP contribution in [-0.4, -0.2) is 37.8 Å². The van der Waals surface area contributed by atoms with Gasteiger partial charge in [-0.05, 0) is 140 Å². The first-order valence-electron chi connectivity index (χ1n) is 22.7. The summed E-state index contributed by atoms with van der Waals surface area (Å²) in [5.41, 5.74) is 24.7. The number of thiophene rings is 2. The van der Waals surface area contributed by atoms with Crippen molar-refractivity contribution in [1.82, 2.24) is 9.80 Å². The molecule has 6 aliphatic rings. The van der Waals surface area contributed by atoms with Crippen LogP contribution in [0, 0.1) is 22.9 Å². The van der Waals surface area contributed by atoms with Gasteiger partial charge < -0.3 is 0 Å². The molecular formula is C58H48N2O2S2Si2. The highest BCUT2D eigenvalue weighted by Crippen LogP contribution is 2.57. The fourth-order valence-corrected chi connectivity index (χ4v) is 13.6. The molecule has 6 heterocycles. The first kappa shape index (κ1) is 41.2. The zero-order chi connectivity index (χ0) is 46.0. The van der Waals surface area contributed by atoms with Gasteiger partial charge >= 0.3 is 0 Å². The van der Waals surface area contributed by atoms with Gasteiger partial charge in [0.05, 0.1) is 32.3 Å². The van der Waals surface area contributed by atoms with Gasteiger partial charge in [0.2, 0.25) is 0 Å². The Bertz CT molecular complexity index is 3330. The van der Waals surface area contributed by atoms with E-state index in [0.29, 0.717) is 22.5 Å².